The smallest absolute Gasteiger partial charge is 0.231 e. The number of fused-ring (bicyclic) bond motifs is 2. The first-order valence-corrected chi connectivity index (χ1v) is 5.61. The summed E-state index contributed by atoms with van der Waals surface area (Å²) in [5.41, 5.74) is 0.260. The zero-order valence-electron chi connectivity index (χ0n) is 10.0. The Kier molecular flexibility index (Phi) is 2.36. The van der Waals surface area contributed by atoms with Gasteiger partial charge in [-0.3, -0.25) is 9.59 Å². The molecule has 6 heteroatoms. The fraction of sp³-hybridized carbons (Fsp3) is 0.231. The largest absolute Gasteiger partial charge is 0.504 e. The van der Waals surface area contributed by atoms with Crippen molar-refractivity contribution in [1.82, 2.24) is 0 Å². The first-order chi connectivity index (χ1) is 9.06. The standard InChI is InChI=1S/C13H10O6/c1-5-10(15)6-2-8-13(19-4-18-8)7(3-14)9(6)12(17)11(5)16/h2,14,16H,3-4H2,1H3. The molecule has 0 atom stereocenters. The molecule has 2 N–H and O–H groups in total. The number of rotatable bonds is 1. The van der Waals surface area contributed by atoms with Crippen molar-refractivity contribution in [2.45, 2.75) is 13.5 Å². The Morgan fingerprint density at radius 3 is 2.68 bits per heavy atom. The predicted octanol–water partition coefficient (Wildman–Crippen LogP) is 1.12. The van der Waals surface area contributed by atoms with Gasteiger partial charge in [-0.05, 0) is 13.0 Å². The summed E-state index contributed by atoms with van der Waals surface area (Å²) in [4.78, 5) is 24.2. The Morgan fingerprint density at radius 1 is 1.26 bits per heavy atom. The van der Waals surface area contributed by atoms with Crippen molar-refractivity contribution in [3.8, 4) is 11.5 Å². The van der Waals surface area contributed by atoms with E-state index in [-0.39, 0.29) is 34.8 Å². The van der Waals surface area contributed by atoms with E-state index in [9.17, 15) is 19.8 Å². The Balaban J connectivity index is 2.36. The highest BCUT2D eigenvalue weighted by Crippen LogP contribution is 2.42. The van der Waals surface area contributed by atoms with E-state index in [1.165, 1.54) is 13.0 Å². The predicted molar refractivity (Wildman–Crippen MR) is 62.5 cm³/mol. The third kappa shape index (κ3) is 1.40. The second kappa shape index (κ2) is 3.83. The van der Waals surface area contributed by atoms with Gasteiger partial charge in [-0.25, -0.2) is 0 Å². The van der Waals surface area contributed by atoms with E-state index < -0.39 is 23.9 Å². The maximum absolute atomic E-state index is 12.1. The monoisotopic (exact) mass is 262 g/mol. The van der Waals surface area contributed by atoms with Crippen LogP contribution in [-0.4, -0.2) is 28.6 Å². The van der Waals surface area contributed by atoms with Crippen LogP contribution >= 0.6 is 0 Å². The van der Waals surface area contributed by atoms with E-state index in [2.05, 4.69) is 0 Å². The number of hydrogen-bond acceptors (Lipinski definition) is 6. The van der Waals surface area contributed by atoms with Gasteiger partial charge in [0.05, 0.1) is 6.61 Å². The van der Waals surface area contributed by atoms with E-state index in [1.54, 1.807) is 0 Å². The molecule has 0 saturated heterocycles. The maximum Gasteiger partial charge on any atom is 0.231 e. The highest BCUT2D eigenvalue weighted by atomic mass is 16.7. The van der Waals surface area contributed by atoms with Crippen LogP contribution in [-0.2, 0) is 6.61 Å². The van der Waals surface area contributed by atoms with E-state index >= 15 is 0 Å². The van der Waals surface area contributed by atoms with E-state index in [1.807, 2.05) is 0 Å². The van der Waals surface area contributed by atoms with Gasteiger partial charge in [0.2, 0.25) is 12.6 Å². The van der Waals surface area contributed by atoms with Crippen molar-refractivity contribution in [1.29, 1.82) is 0 Å². The van der Waals surface area contributed by atoms with Crippen LogP contribution in [0.15, 0.2) is 17.4 Å². The van der Waals surface area contributed by atoms with Crippen molar-refractivity contribution < 1.29 is 29.3 Å². The summed E-state index contributed by atoms with van der Waals surface area (Å²) in [6.45, 7) is 0.855. The number of ketones is 2. The van der Waals surface area contributed by atoms with Crippen molar-refractivity contribution in [2.75, 3.05) is 6.79 Å². The Hall–Kier alpha value is -2.34. The lowest BCUT2D eigenvalue weighted by Gasteiger charge is -2.19. The number of carbonyl (C=O) groups excluding carboxylic acids is 2. The molecule has 0 unspecified atom stereocenters. The molecule has 6 nitrogen and oxygen atoms in total. The van der Waals surface area contributed by atoms with Crippen LogP contribution in [0.1, 0.15) is 33.2 Å². The quantitative estimate of drug-likeness (QED) is 0.787. The Morgan fingerprint density at radius 2 is 2.00 bits per heavy atom. The lowest BCUT2D eigenvalue weighted by Crippen LogP contribution is -2.22. The van der Waals surface area contributed by atoms with Crippen LogP contribution in [0, 0.1) is 0 Å². The third-order valence-electron chi connectivity index (χ3n) is 3.30. The molecule has 0 spiro atoms. The fourth-order valence-electron chi connectivity index (χ4n) is 2.30. The Labute approximate surface area is 107 Å². The number of aliphatic hydroxyl groups excluding tert-OH is 2. The first kappa shape index (κ1) is 11.7. The normalized spacial score (nSPS) is 16.9. The average molecular weight is 262 g/mol. The molecule has 1 aliphatic carbocycles. The van der Waals surface area contributed by atoms with Gasteiger partial charge < -0.3 is 19.7 Å². The maximum atomic E-state index is 12.1. The summed E-state index contributed by atoms with van der Waals surface area (Å²) in [5.74, 6) is -1.17. The summed E-state index contributed by atoms with van der Waals surface area (Å²) in [7, 11) is 0. The number of Topliss-reactive ketones (excluding diaryl/α,β-unsaturated/α-hetero) is 2. The molecule has 1 aliphatic heterocycles. The minimum atomic E-state index is -0.686. The van der Waals surface area contributed by atoms with Crippen molar-refractivity contribution in [3.05, 3.63) is 34.1 Å². The zero-order chi connectivity index (χ0) is 13.7. The molecule has 0 radical (unpaired) electrons. The van der Waals surface area contributed by atoms with E-state index in [0.29, 0.717) is 5.75 Å². The molecule has 3 rings (SSSR count). The number of allylic oxidation sites excluding steroid dienone is 2. The van der Waals surface area contributed by atoms with Gasteiger partial charge in [-0.2, -0.15) is 0 Å². The van der Waals surface area contributed by atoms with Crippen molar-refractivity contribution >= 4 is 11.6 Å². The van der Waals surface area contributed by atoms with Gasteiger partial charge in [0, 0.05) is 22.3 Å². The lowest BCUT2D eigenvalue weighted by molar-refractivity contribution is 0.0926. The van der Waals surface area contributed by atoms with Gasteiger partial charge in [0.1, 0.15) is 0 Å². The third-order valence-corrected chi connectivity index (χ3v) is 3.30. The van der Waals surface area contributed by atoms with E-state index in [0.717, 1.165) is 0 Å². The second-order valence-electron chi connectivity index (χ2n) is 4.30. The van der Waals surface area contributed by atoms with Gasteiger partial charge >= 0.3 is 0 Å². The molecule has 1 heterocycles. The molecule has 98 valence electrons. The van der Waals surface area contributed by atoms with Gasteiger partial charge in [-0.15, -0.1) is 0 Å². The number of carbonyl (C=O) groups is 2. The molecule has 0 saturated carbocycles. The lowest BCUT2D eigenvalue weighted by atomic mass is 9.85. The van der Waals surface area contributed by atoms with Crippen LogP contribution in [0.5, 0.6) is 11.5 Å². The zero-order valence-corrected chi connectivity index (χ0v) is 10.0. The molecular formula is C13H10O6. The molecule has 1 aromatic carbocycles. The highest BCUT2D eigenvalue weighted by molar-refractivity contribution is 6.26. The summed E-state index contributed by atoms with van der Waals surface area (Å²) in [5, 5.41) is 19.1. The number of hydrogen-bond donors (Lipinski definition) is 2. The van der Waals surface area contributed by atoms with Crippen molar-refractivity contribution in [3.63, 3.8) is 0 Å². The SMILES string of the molecule is CC1=C(O)C(=O)c2c(cc3c(c2CO)OCO3)C1=O. The number of ether oxygens (including phenoxy) is 2. The summed E-state index contributed by atoms with van der Waals surface area (Å²) < 4.78 is 10.4. The van der Waals surface area contributed by atoms with E-state index in [4.69, 9.17) is 9.47 Å². The second-order valence-corrected chi connectivity index (χ2v) is 4.30. The molecule has 2 aliphatic rings. The van der Waals surface area contributed by atoms with Crippen LogP contribution in [0.25, 0.3) is 0 Å². The van der Waals surface area contributed by atoms with Crippen LogP contribution in [0.2, 0.25) is 0 Å². The van der Waals surface area contributed by atoms with Crippen molar-refractivity contribution in [2.24, 2.45) is 0 Å². The molecule has 1 aromatic rings. The number of benzene rings is 1. The topological polar surface area (TPSA) is 93.1 Å². The van der Waals surface area contributed by atoms with Crippen LogP contribution in [0.3, 0.4) is 0 Å². The van der Waals surface area contributed by atoms with Crippen LogP contribution < -0.4 is 9.47 Å². The summed E-state index contributed by atoms with van der Waals surface area (Å²) in [6, 6.07) is 1.41. The molecule has 0 fully saturated rings. The minimum Gasteiger partial charge on any atom is -0.504 e. The minimum absolute atomic E-state index is 0.0137. The fourth-order valence-corrected chi connectivity index (χ4v) is 2.30. The first-order valence-electron chi connectivity index (χ1n) is 5.61. The molecule has 19 heavy (non-hydrogen) atoms. The molecule has 0 amide bonds. The van der Waals surface area contributed by atoms with Gasteiger partial charge in [-0.1, -0.05) is 0 Å². The molecule has 0 aromatic heterocycles. The molecular weight excluding hydrogens is 252 g/mol. The average Bonchev–Trinajstić information content (AvgIpc) is 2.88. The number of aliphatic hydroxyl groups is 2. The Bertz CT molecular complexity index is 656. The summed E-state index contributed by atoms with van der Waals surface area (Å²) in [6.07, 6.45) is 0. The van der Waals surface area contributed by atoms with Crippen LogP contribution in [0.4, 0.5) is 0 Å². The van der Waals surface area contributed by atoms with Gasteiger partial charge in [0.15, 0.2) is 23.0 Å². The summed E-state index contributed by atoms with van der Waals surface area (Å²) >= 11 is 0. The molecule has 0 bridgehead atoms. The van der Waals surface area contributed by atoms with Gasteiger partial charge in [0.25, 0.3) is 0 Å². The highest BCUT2D eigenvalue weighted by Gasteiger charge is 2.36.